The molecule has 2 aromatic rings. The molecule has 132 valence electrons. The second-order valence-corrected chi connectivity index (χ2v) is 6.43. The van der Waals surface area contributed by atoms with E-state index < -0.39 is 0 Å². The summed E-state index contributed by atoms with van der Waals surface area (Å²) in [4.78, 5) is 12.5. The van der Waals surface area contributed by atoms with Crippen molar-refractivity contribution in [1.82, 2.24) is 0 Å². The van der Waals surface area contributed by atoms with Gasteiger partial charge in [-0.1, -0.05) is 32.6 Å². The number of hydrogen-bond donors (Lipinski definition) is 1. The van der Waals surface area contributed by atoms with E-state index in [2.05, 4.69) is 25.7 Å². The molecule has 0 fully saturated rings. The molecule has 0 heterocycles. The van der Waals surface area contributed by atoms with Gasteiger partial charge in [-0.3, -0.25) is 4.79 Å². The van der Waals surface area contributed by atoms with Gasteiger partial charge in [0.25, 0.3) is 5.91 Å². The second-order valence-electron chi connectivity index (χ2n) is 6.43. The van der Waals surface area contributed by atoms with Gasteiger partial charge in [-0.15, -0.1) is 0 Å². The fourth-order valence-electron chi connectivity index (χ4n) is 2.06. The highest BCUT2D eigenvalue weighted by atomic mass is 16.5. The van der Waals surface area contributed by atoms with Crippen LogP contribution in [0, 0.1) is 5.92 Å². The average molecular weight is 339 g/mol. The van der Waals surface area contributed by atoms with Gasteiger partial charge >= 0.3 is 0 Å². The molecule has 2 aromatic carbocycles. The van der Waals surface area contributed by atoms with E-state index in [1.807, 2.05) is 31.2 Å². The molecule has 4 nitrogen and oxygen atoms in total. The highest BCUT2D eigenvalue weighted by molar-refractivity contribution is 6.05. The molecule has 0 radical (unpaired) electrons. The molecule has 0 atom stereocenters. The summed E-state index contributed by atoms with van der Waals surface area (Å²) in [6.07, 6.45) is 0. The molecule has 0 aliphatic rings. The van der Waals surface area contributed by atoms with Gasteiger partial charge in [0.05, 0.1) is 12.3 Å². The predicted octanol–water partition coefficient (Wildman–Crippen LogP) is 4.93. The van der Waals surface area contributed by atoms with Crippen molar-refractivity contribution < 1.29 is 14.3 Å². The number of benzene rings is 2. The molecule has 0 saturated heterocycles. The molecule has 0 bridgehead atoms. The molecule has 1 N–H and O–H groups in total. The number of carbonyl (C=O) groups is 1. The number of para-hydroxylation sites is 2. The third kappa shape index (κ3) is 5.99. The number of hydrogen-bond acceptors (Lipinski definition) is 3. The lowest BCUT2D eigenvalue weighted by Crippen LogP contribution is -2.13. The van der Waals surface area contributed by atoms with E-state index in [1.165, 1.54) is 0 Å². The molecule has 0 aliphatic heterocycles. The van der Waals surface area contributed by atoms with Gasteiger partial charge < -0.3 is 14.8 Å². The Hall–Kier alpha value is -2.75. The smallest absolute Gasteiger partial charge is 0.255 e. The van der Waals surface area contributed by atoms with Crippen LogP contribution in [0.25, 0.3) is 0 Å². The number of amides is 1. The monoisotopic (exact) mass is 339 g/mol. The van der Waals surface area contributed by atoms with Crippen molar-refractivity contribution >= 4 is 11.6 Å². The molecule has 25 heavy (non-hydrogen) atoms. The van der Waals surface area contributed by atoms with Gasteiger partial charge in [0.15, 0.2) is 0 Å². The second kappa shape index (κ2) is 8.92. The molecule has 4 heteroatoms. The minimum absolute atomic E-state index is 0.193. The Morgan fingerprint density at radius 2 is 1.76 bits per heavy atom. The summed E-state index contributed by atoms with van der Waals surface area (Å²) in [5.41, 5.74) is 2.11. The number of anilines is 1. The topological polar surface area (TPSA) is 47.6 Å². The van der Waals surface area contributed by atoms with Crippen molar-refractivity contribution in [1.29, 1.82) is 0 Å². The average Bonchev–Trinajstić information content (AvgIpc) is 2.59. The van der Waals surface area contributed by atoms with Crippen LogP contribution in [-0.2, 0) is 0 Å². The fourth-order valence-corrected chi connectivity index (χ4v) is 2.06. The number of carbonyl (C=O) groups excluding carboxylic acids is 1. The summed E-state index contributed by atoms with van der Waals surface area (Å²) in [7, 11) is 0. The van der Waals surface area contributed by atoms with Crippen molar-refractivity contribution in [3.63, 3.8) is 0 Å². The van der Waals surface area contributed by atoms with Crippen LogP contribution in [0.4, 0.5) is 5.69 Å². The summed E-state index contributed by atoms with van der Waals surface area (Å²) in [6.45, 7) is 11.0. The number of nitrogens with one attached hydrogen (secondary N) is 1. The first-order valence-electron chi connectivity index (χ1n) is 8.36. The van der Waals surface area contributed by atoms with Crippen LogP contribution in [0.1, 0.15) is 31.1 Å². The van der Waals surface area contributed by atoms with E-state index in [1.54, 1.807) is 24.3 Å². The first kappa shape index (κ1) is 18.6. The van der Waals surface area contributed by atoms with Crippen LogP contribution in [-0.4, -0.2) is 19.1 Å². The van der Waals surface area contributed by atoms with E-state index in [-0.39, 0.29) is 5.91 Å². The highest BCUT2D eigenvalue weighted by Gasteiger charge is 2.10. The lowest BCUT2D eigenvalue weighted by molar-refractivity contribution is 0.102. The largest absolute Gasteiger partial charge is 0.493 e. The van der Waals surface area contributed by atoms with Crippen molar-refractivity contribution in [2.45, 2.75) is 20.8 Å². The summed E-state index contributed by atoms with van der Waals surface area (Å²) >= 11 is 0. The molecule has 2 rings (SSSR count). The Morgan fingerprint density at radius 3 is 2.40 bits per heavy atom. The Labute approximate surface area is 149 Å². The maximum atomic E-state index is 12.5. The summed E-state index contributed by atoms with van der Waals surface area (Å²) in [5.74, 6) is 1.65. The van der Waals surface area contributed by atoms with E-state index in [9.17, 15) is 4.79 Å². The number of rotatable bonds is 8. The van der Waals surface area contributed by atoms with E-state index >= 15 is 0 Å². The minimum atomic E-state index is -0.193. The molecule has 0 aromatic heterocycles. The third-order valence-corrected chi connectivity index (χ3v) is 3.31. The Morgan fingerprint density at radius 1 is 1.08 bits per heavy atom. The van der Waals surface area contributed by atoms with E-state index in [4.69, 9.17) is 9.47 Å². The molecule has 0 saturated carbocycles. The fraction of sp³-hybridized carbons (Fsp3) is 0.286. The van der Waals surface area contributed by atoms with E-state index in [0.717, 1.165) is 11.3 Å². The zero-order valence-electron chi connectivity index (χ0n) is 15.0. The van der Waals surface area contributed by atoms with Crippen molar-refractivity contribution in [3.05, 3.63) is 66.2 Å². The molecular weight excluding hydrogens is 314 g/mol. The maximum absolute atomic E-state index is 12.5. The van der Waals surface area contributed by atoms with Crippen LogP contribution in [0.3, 0.4) is 0 Å². The van der Waals surface area contributed by atoms with Crippen molar-refractivity contribution in [2.75, 3.05) is 18.5 Å². The van der Waals surface area contributed by atoms with E-state index in [0.29, 0.717) is 36.1 Å². The third-order valence-electron chi connectivity index (χ3n) is 3.31. The van der Waals surface area contributed by atoms with Gasteiger partial charge in [0.2, 0.25) is 0 Å². The summed E-state index contributed by atoms with van der Waals surface area (Å²) in [6, 6.07) is 14.5. The lowest BCUT2D eigenvalue weighted by Gasteiger charge is -2.13. The van der Waals surface area contributed by atoms with Crippen LogP contribution in [0.2, 0.25) is 0 Å². The normalized spacial score (nSPS) is 10.4. The number of ether oxygens (including phenoxy) is 2. The first-order valence-corrected chi connectivity index (χ1v) is 8.36. The summed E-state index contributed by atoms with van der Waals surface area (Å²) < 4.78 is 11.3. The van der Waals surface area contributed by atoms with Crippen LogP contribution in [0.5, 0.6) is 11.5 Å². The standard InChI is InChI=1S/C21H25NO3/c1-15(2)13-24-18-11-9-17(10-12-18)21(23)22-19-7-5-6-8-20(19)25-14-16(3)4/h5-12,15H,3,13-14H2,1-2,4H3,(H,22,23). The minimum Gasteiger partial charge on any atom is -0.493 e. The molecule has 0 spiro atoms. The molecule has 0 unspecified atom stereocenters. The van der Waals surface area contributed by atoms with Gasteiger partial charge in [-0.2, -0.15) is 0 Å². The van der Waals surface area contributed by atoms with Crippen LogP contribution >= 0.6 is 0 Å². The molecule has 1 amide bonds. The van der Waals surface area contributed by atoms with Crippen LogP contribution < -0.4 is 14.8 Å². The lowest BCUT2D eigenvalue weighted by atomic mass is 10.2. The van der Waals surface area contributed by atoms with Gasteiger partial charge in [-0.05, 0) is 54.8 Å². The SMILES string of the molecule is C=C(C)COc1ccccc1NC(=O)c1ccc(OCC(C)C)cc1. The zero-order chi connectivity index (χ0) is 18.2. The van der Waals surface area contributed by atoms with Crippen molar-refractivity contribution in [2.24, 2.45) is 5.92 Å². The summed E-state index contributed by atoms with van der Waals surface area (Å²) in [5, 5.41) is 2.89. The highest BCUT2D eigenvalue weighted by Crippen LogP contribution is 2.25. The quantitative estimate of drug-likeness (QED) is 0.694. The Kier molecular flexibility index (Phi) is 6.63. The van der Waals surface area contributed by atoms with Gasteiger partial charge in [0.1, 0.15) is 18.1 Å². The van der Waals surface area contributed by atoms with Gasteiger partial charge in [0, 0.05) is 5.56 Å². The Balaban J connectivity index is 2.03. The predicted molar refractivity (Wildman–Crippen MR) is 101 cm³/mol. The Bertz CT molecular complexity index is 720. The van der Waals surface area contributed by atoms with Crippen LogP contribution in [0.15, 0.2) is 60.7 Å². The van der Waals surface area contributed by atoms with Gasteiger partial charge in [-0.25, -0.2) is 0 Å². The van der Waals surface area contributed by atoms with Crippen molar-refractivity contribution in [3.8, 4) is 11.5 Å². The zero-order valence-corrected chi connectivity index (χ0v) is 15.0. The first-order chi connectivity index (χ1) is 12.0. The molecular formula is C21H25NO3. The molecule has 0 aliphatic carbocycles. The maximum Gasteiger partial charge on any atom is 0.255 e.